The highest BCUT2D eigenvalue weighted by atomic mass is 16.3. The van der Waals surface area contributed by atoms with Crippen molar-refractivity contribution in [2.45, 2.75) is 44.2 Å². The third-order valence-electron chi connectivity index (χ3n) is 4.46. The number of piperidine rings is 1. The number of aliphatic hydroxyl groups is 1. The number of rotatable bonds is 1. The molecule has 17 heavy (non-hydrogen) atoms. The van der Waals surface area contributed by atoms with Gasteiger partial charge in [-0.2, -0.15) is 0 Å². The molecule has 0 bridgehead atoms. The van der Waals surface area contributed by atoms with E-state index in [0.29, 0.717) is 12.0 Å². The van der Waals surface area contributed by atoms with E-state index in [1.807, 2.05) is 0 Å². The van der Waals surface area contributed by atoms with Crippen LogP contribution in [0.2, 0.25) is 0 Å². The Balaban J connectivity index is 1.87. The van der Waals surface area contributed by atoms with Crippen molar-refractivity contribution in [1.82, 2.24) is 5.32 Å². The van der Waals surface area contributed by atoms with Gasteiger partial charge in [0.05, 0.1) is 6.04 Å². The molecular formula is C12H16N2O3. The van der Waals surface area contributed by atoms with Gasteiger partial charge in [0, 0.05) is 12.0 Å². The predicted octanol–water partition coefficient (Wildman–Crippen LogP) is 1.64. The number of carbonyl (C=O) groups excluding carboxylic acids is 1. The second-order valence-electron chi connectivity index (χ2n) is 5.33. The number of hydrogen-bond acceptors (Lipinski definition) is 5. The fourth-order valence-corrected chi connectivity index (χ4v) is 3.59. The van der Waals surface area contributed by atoms with Crippen molar-refractivity contribution in [3.05, 3.63) is 16.4 Å². The molecule has 1 heterocycles. The molecule has 2 N–H and O–H groups in total. The first-order chi connectivity index (χ1) is 8.22. The van der Waals surface area contributed by atoms with E-state index in [1.165, 1.54) is 12.8 Å². The van der Waals surface area contributed by atoms with Gasteiger partial charge in [-0.15, -0.1) is 4.91 Å². The van der Waals surface area contributed by atoms with Gasteiger partial charge in [0.2, 0.25) is 5.78 Å². The molecule has 2 aliphatic carbocycles. The number of hydrogen-bond donors (Lipinski definition) is 2. The van der Waals surface area contributed by atoms with Crippen LogP contribution in [0.25, 0.3) is 0 Å². The van der Waals surface area contributed by atoms with Crippen LogP contribution in [0.4, 0.5) is 0 Å². The zero-order valence-corrected chi connectivity index (χ0v) is 9.56. The Morgan fingerprint density at radius 3 is 2.82 bits per heavy atom. The summed E-state index contributed by atoms with van der Waals surface area (Å²) in [5, 5.41) is 15.9. The van der Waals surface area contributed by atoms with Crippen molar-refractivity contribution >= 4 is 5.78 Å². The summed E-state index contributed by atoms with van der Waals surface area (Å²) in [5.74, 6) is -0.126. The first-order valence-electron chi connectivity index (χ1n) is 6.29. The van der Waals surface area contributed by atoms with Crippen LogP contribution in [0.5, 0.6) is 0 Å². The molecule has 0 spiro atoms. The van der Waals surface area contributed by atoms with Gasteiger partial charge in [-0.25, -0.2) is 0 Å². The lowest BCUT2D eigenvalue weighted by Crippen LogP contribution is -2.54. The van der Waals surface area contributed by atoms with Gasteiger partial charge in [0.25, 0.3) is 0 Å². The van der Waals surface area contributed by atoms with E-state index in [9.17, 15) is 14.8 Å². The number of nitrogens with zero attached hydrogens (tertiary/aromatic N) is 1. The lowest BCUT2D eigenvalue weighted by atomic mass is 9.74. The summed E-state index contributed by atoms with van der Waals surface area (Å²) in [6.45, 7) is 0. The van der Waals surface area contributed by atoms with Gasteiger partial charge in [-0.1, -0.05) is 12.8 Å². The summed E-state index contributed by atoms with van der Waals surface area (Å²) in [5.41, 5.74) is -0.258. The normalized spacial score (nSPS) is 41.1. The molecule has 1 aliphatic heterocycles. The average Bonchev–Trinajstić information content (AvgIpc) is 2.59. The minimum Gasteiger partial charge on any atom is -0.509 e. The molecule has 5 heteroatoms. The van der Waals surface area contributed by atoms with Gasteiger partial charge in [-0.05, 0) is 30.4 Å². The topological polar surface area (TPSA) is 78.8 Å². The molecule has 0 aromatic rings. The smallest absolute Gasteiger partial charge is 0.205 e. The fraction of sp³-hybridized carbons (Fsp3) is 0.750. The minimum absolute atomic E-state index is 0.0912. The van der Waals surface area contributed by atoms with Crippen molar-refractivity contribution in [2.75, 3.05) is 0 Å². The third-order valence-corrected chi connectivity index (χ3v) is 4.46. The molecular weight excluding hydrogens is 220 g/mol. The number of nitrogens with one attached hydrogen (secondary N) is 1. The van der Waals surface area contributed by atoms with Crippen LogP contribution in [0.3, 0.4) is 0 Å². The first kappa shape index (κ1) is 10.9. The van der Waals surface area contributed by atoms with Gasteiger partial charge < -0.3 is 10.4 Å². The van der Waals surface area contributed by atoms with Crippen LogP contribution in [-0.4, -0.2) is 23.0 Å². The molecule has 92 valence electrons. The van der Waals surface area contributed by atoms with Crippen LogP contribution in [0.15, 0.2) is 16.6 Å². The molecule has 2 fully saturated rings. The molecule has 0 aromatic heterocycles. The number of fused-ring (bicyclic) bond motifs is 2. The molecule has 1 saturated carbocycles. The van der Waals surface area contributed by atoms with Crippen molar-refractivity contribution < 1.29 is 9.90 Å². The quantitative estimate of drug-likeness (QED) is 0.678. The van der Waals surface area contributed by atoms with E-state index in [-0.39, 0.29) is 23.2 Å². The maximum atomic E-state index is 11.9. The Labute approximate surface area is 99.2 Å². The van der Waals surface area contributed by atoms with E-state index in [4.69, 9.17) is 0 Å². The summed E-state index contributed by atoms with van der Waals surface area (Å²) < 4.78 is 0. The summed E-state index contributed by atoms with van der Waals surface area (Å²) >= 11 is 0. The molecule has 5 nitrogen and oxygen atoms in total. The predicted molar refractivity (Wildman–Crippen MR) is 61.2 cm³/mol. The van der Waals surface area contributed by atoms with Gasteiger partial charge >= 0.3 is 0 Å². The largest absolute Gasteiger partial charge is 0.509 e. The summed E-state index contributed by atoms with van der Waals surface area (Å²) in [6.07, 6.45) is 5.45. The molecule has 1 saturated heterocycles. The molecule has 4 unspecified atom stereocenters. The number of carbonyl (C=O) groups is 1. The SMILES string of the molecule is O=NC1=C(O)C2CC3CCCCC3NC2C1=O. The molecule has 4 atom stereocenters. The van der Waals surface area contributed by atoms with Gasteiger partial charge in [-0.3, -0.25) is 4.79 Å². The number of ketones is 1. The summed E-state index contributed by atoms with van der Waals surface area (Å²) in [7, 11) is 0. The molecule has 3 aliphatic rings. The third kappa shape index (κ3) is 1.52. The van der Waals surface area contributed by atoms with Crippen LogP contribution in [0, 0.1) is 16.7 Å². The second-order valence-corrected chi connectivity index (χ2v) is 5.33. The maximum absolute atomic E-state index is 11.9. The first-order valence-corrected chi connectivity index (χ1v) is 6.29. The molecule has 0 aromatic carbocycles. The minimum atomic E-state index is -0.415. The lowest BCUT2D eigenvalue weighted by molar-refractivity contribution is -0.118. The maximum Gasteiger partial charge on any atom is 0.205 e. The molecule has 3 rings (SSSR count). The Bertz CT molecular complexity index is 405. The lowest BCUT2D eigenvalue weighted by Gasteiger charge is -2.41. The molecule has 0 radical (unpaired) electrons. The van der Waals surface area contributed by atoms with Crippen molar-refractivity contribution in [3.8, 4) is 0 Å². The van der Waals surface area contributed by atoms with Gasteiger partial charge in [0.15, 0.2) is 5.70 Å². The van der Waals surface area contributed by atoms with Crippen molar-refractivity contribution in [3.63, 3.8) is 0 Å². The van der Waals surface area contributed by atoms with Crippen LogP contribution < -0.4 is 5.32 Å². The standard InChI is InChI=1S/C12H16N2O3/c15-11-7-5-6-3-1-2-4-8(6)13-9(7)12(16)10(11)14-17/h6-9,13,15H,1-5H2. The highest BCUT2D eigenvalue weighted by Crippen LogP contribution is 2.42. The number of aliphatic hydroxyl groups excluding tert-OH is 1. The van der Waals surface area contributed by atoms with Crippen LogP contribution >= 0.6 is 0 Å². The van der Waals surface area contributed by atoms with E-state index in [1.54, 1.807) is 0 Å². The monoisotopic (exact) mass is 236 g/mol. The van der Waals surface area contributed by atoms with E-state index in [0.717, 1.165) is 19.3 Å². The highest BCUT2D eigenvalue weighted by molar-refractivity contribution is 6.02. The van der Waals surface area contributed by atoms with Gasteiger partial charge in [0.1, 0.15) is 5.76 Å². The zero-order valence-electron chi connectivity index (χ0n) is 9.56. The van der Waals surface area contributed by atoms with Crippen molar-refractivity contribution in [1.29, 1.82) is 0 Å². The Hall–Kier alpha value is -1.23. The zero-order chi connectivity index (χ0) is 12.0. The van der Waals surface area contributed by atoms with E-state index < -0.39 is 6.04 Å². The Morgan fingerprint density at radius 2 is 2.06 bits per heavy atom. The number of nitroso groups, excluding NO2 is 1. The van der Waals surface area contributed by atoms with Crippen LogP contribution in [-0.2, 0) is 4.79 Å². The second kappa shape index (κ2) is 3.91. The Morgan fingerprint density at radius 1 is 1.29 bits per heavy atom. The van der Waals surface area contributed by atoms with E-state index in [2.05, 4.69) is 10.5 Å². The molecule has 0 amide bonds. The Kier molecular flexibility index (Phi) is 2.50. The number of Topliss-reactive ketones (excluding diaryl/α,β-unsaturated/α-hetero) is 1. The van der Waals surface area contributed by atoms with Crippen molar-refractivity contribution in [2.24, 2.45) is 17.0 Å². The average molecular weight is 236 g/mol. The summed E-state index contributed by atoms with van der Waals surface area (Å²) in [6, 6.07) is -0.0465. The van der Waals surface area contributed by atoms with Crippen LogP contribution in [0.1, 0.15) is 32.1 Å². The van der Waals surface area contributed by atoms with E-state index >= 15 is 0 Å². The summed E-state index contributed by atoms with van der Waals surface area (Å²) in [4.78, 5) is 22.5. The fourth-order valence-electron chi connectivity index (χ4n) is 3.59. The highest BCUT2D eigenvalue weighted by Gasteiger charge is 2.49.